The van der Waals surface area contributed by atoms with Crippen molar-refractivity contribution in [3.63, 3.8) is 0 Å². The van der Waals surface area contributed by atoms with Gasteiger partial charge in [-0.25, -0.2) is 0 Å². The van der Waals surface area contributed by atoms with E-state index in [1.807, 2.05) is 0 Å². The second kappa shape index (κ2) is 5.59. The summed E-state index contributed by atoms with van der Waals surface area (Å²) in [5, 5.41) is 0.957. The summed E-state index contributed by atoms with van der Waals surface area (Å²) >= 11 is 0. The Labute approximate surface area is 76.6 Å². The molecule has 12 heavy (non-hydrogen) atoms. The minimum absolute atomic E-state index is 0.949. The Kier molecular flexibility index (Phi) is 5.57. The summed E-state index contributed by atoms with van der Waals surface area (Å²) in [4.78, 5) is 0. The van der Waals surface area contributed by atoms with Crippen molar-refractivity contribution in [1.29, 1.82) is 0 Å². The molecule has 0 radical (unpaired) electrons. The lowest BCUT2D eigenvalue weighted by atomic mass is 10.1. The van der Waals surface area contributed by atoms with Crippen LogP contribution < -0.4 is 0 Å². The number of hydrogen-bond donors (Lipinski definition) is 0. The fraction of sp³-hybridized carbons (Fsp3) is 0.800. The number of allylic oxidation sites excluding steroid dienone is 1. The van der Waals surface area contributed by atoms with Crippen molar-refractivity contribution in [1.82, 2.24) is 0 Å². The van der Waals surface area contributed by atoms with E-state index in [-0.39, 0.29) is 0 Å². The first-order chi connectivity index (χ1) is 5.48. The van der Waals surface area contributed by atoms with Gasteiger partial charge in [-0.15, -0.1) is 0 Å². The molecule has 0 aliphatic heterocycles. The van der Waals surface area contributed by atoms with Crippen molar-refractivity contribution in [3.8, 4) is 0 Å². The zero-order valence-electron chi connectivity index (χ0n) is 8.60. The van der Waals surface area contributed by atoms with E-state index in [4.69, 9.17) is 0 Å². The maximum absolute atomic E-state index is 11.5. The topological polar surface area (TPSA) is 17.1 Å². The van der Waals surface area contributed by atoms with Gasteiger partial charge in [0.05, 0.1) is 0 Å². The van der Waals surface area contributed by atoms with Gasteiger partial charge in [-0.3, -0.25) is 0 Å². The molecule has 0 unspecified atom stereocenters. The fourth-order valence-corrected chi connectivity index (χ4v) is 1.72. The largest absolute Gasteiger partial charge is 0.320 e. The van der Waals surface area contributed by atoms with Crippen LogP contribution in [0.5, 0.6) is 0 Å². The Balaban J connectivity index is 3.52. The van der Waals surface area contributed by atoms with Gasteiger partial charge in [0.15, 0.2) is 0 Å². The molecular weight excluding hydrogens is 167 g/mol. The number of unbranched alkanes of at least 4 members (excludes halogenated alkanes) is 3. The van der Waals surface area contributed by atoms with Crippen LogP contribution in [0.1, 0.15) is 39.0 Å². The zero-order valence-corrected chi connectivity index (χ0v) is 9.49. The molecule has 0 aromatic carbocycles. The van der Waals surface area contributed by atoms with Gasteiger partial charge in [0, 0.05) is 0 Å². The average molecular weight is 188 g/mol. The van der Waals surface area contributed by atoms with Crippen LogP contribution in [-0.2, 0) is 4.57 Å². The van der Waals surface area contributed by atoms with Gasteiger partial charge in [-0.2, -0.15) is 0 Å². The lowest BCUT2D eigenvalue weighted by Crippen LogP contribution is -1.84. The highest BCUT2D eigenvalue weighted by molar-refractivity contribution is 7.66. The van der Waals surface area contributed by atoms with Crippen molar-refractivity contribution in [2.75, 3.05) is 13.3 Å². The Hall–Kier alpha value is -0.0300. The molecule has 0 aliphatic carbocycles. The van der Waals surface area contributed by atoms with Gasteiger partial charge in [0.2, 0.25) is 0 Å². The third kappa shape index (κ3) is 5.60. The minimum atomic E-state index is -2.00. The number of rotatable bonds is 6. The van der Waals surface area contributed by atoms with Gasteiger partial charge in [0.25, 0.3) is 0 Å². The van der Waals surface area contributed by atoms with E-state index in [1.165, 1.54) is 19.3 Å². The lowest BCUT2D eigenvalue weighted by molar-refractivity contribution is 0.583. The average Bonchev–Trinajstić information content (AvgIpc) is 1.96. The maximum atomic E-state index is 11.5. The van der Waals surface area contributed by atoms with E-state index in [1.54, 1.807) is 13.3 Å². The molecule has 0 bridgehead atoms. The molecule has 0 spiro atoms. The molecule has 0 aliphatic rings. The van der Waals surface area contributed by atoms with Gasteiger partial charge in [-0.05, 0) is 31.5 Å². The predicted molar refractivity (Wildman–Crippen MR) is 57.4 cm³/mol. The molecule has 0 heterocycles. The zero-order chi connectivity index (χ0) is 9.61. The van der Waals surface area contributed by atoms with Crippen LogP contribution in [0.3, 0.4) is 0 Å². The molecule has 1 nitrogen and oxygen atoms in total. The first kappa shape index (κ1) is 12.0. The first-order valence-corrected chi connectivity index (χ1v) is 7.32. The van der Waals surface area contributed by atoms with Crippen LogP contribution in [0.25, 0.3) is 0 Å². The first-order valence-electron chi connectivity index (χ1n) is 4.71. The van der Waals surface area contributed by atoms with Crippen LogP contribution in [0.15, 0.2) is 11.9 Å². The van der Waals surface area contributed by atoms with Crippen LogP contribution in [0, 0.1) is 0 Å². The summed E-state index contributed by atoms with van der Waals surface area (Å²) in [7, 11) is -2.00. The van der Waals surface area contributed by atoms with E-state index in [0.29, 0.717) is 0 Å². The SMILES string of the molecule is C=C(CCCCCC)P(C)(C)=O. The standard InChI is InChI=1S/C10H21OP/c1-5-6-7-8-9-10(2)12(3,4)11/h2,5-9H2,1,3-4H3. The Morgan fingerprint density at radius 3 is 2.25 bits per heavy atom. The van der Waals surface area contributed by atoms with Crippen LogP contribution in [0.2, 0.25) is 0 Å². The molecule has 0 atom stereocenters. The second-order valence-corrected chi connectivity index (χ2v) is 7.06. The molecule has 0 N–H and O–H groups in total. The molecule has 72 valence electrons. The second-order valence-electron chi connectivity index (χ2n) is 3.73. The van der Waals surface area contributed by atoms with Gasteiger partial charge < -0.3 is 4.57 Å². The van der Waals surface area contributed by atoms with Gasteiger partial charge >= 0.3 is 0 Å². The van der Waals surface area contributed by atoms with E-state index in [0.717, 1.165) is 18.2 Å². The number of hydrogen-bond acceptors (Lipinski definition) is 1. The van der Waals surface area contributed by atoms with E-state index in [9.17, 15) is 4.57 Å². The molecule has 0 rings (SSSR count). The summed E-state index contributed by atoms with van der Waals surface area (Å²) in [6.07, 6.45) is 5.88. The normalized spacial score (nSPS) is 11.6. The molecule has 2 heteroatoms. The highest BCUT2D eigenvalue weighted by Gasteiger charge is 2.10. The Morgan fingerprint density at radius 2 is 1.83 bits per heavy atom. The molecule has 0 saturated carbocycles. The van der Waals surface area contributed by atoms with Crippen LogP contribution in [-0.4, -0.2) is 13.3 Å². The van der Waals surface area contributed by atoms with Crippen molar-refractivity contribution < 1.29 is 4.57 Å². The molecule has 0 aromatic heterocycles. The lowest BCUT2D eigenvalue weighted by Gasteiger charge is -2.09. The summed E-state index contributed by atoms with van der Waals surface area (Å²) in [5.41, 5.74) is 0. The Bertz CT molecular complexity index is 178. The van der Waals surface area contributed by atoms with E-state index < -0.39 is 7.14 Å². The van der Waals surface area contributed by atoms with Crippen molar-refractivity contribution in [2.24, 2.45) is 0 Å². The highest BCUT2D eigenvalue weighted by atomic mass is 31.2. The minimum Gasteiger partial charge on any atom is -0.320 e. The van der Waals surface area contributed by atoms with Crippen molar-refractivity contribution >= 4 is 7.14 Å². The van der Waals surface area contributed by atoms with Gasteiger partial charge in [0.1, 0.15) is 7.14 Å². The van der Waals surface area contributed by atoms with Gasteiger partial charge in [-0.1, -0.05) is 32.8 Å². The molecular formula is C10H21OP. The predicted octanol–water partition coefficient (Wildman–Crippen LogP) is 4.09. The molecule has 0 aromatic rings. The molecule has 0 saturated heterocycles. The summed E-state index contributed by atoms with van der Waals surface area (Å²) in [5.74, 6) is 0. The van der Waals surface area contributed by atoms with Crippen LogP contribution in [0.4, 0.5) is 0 Å². The molecule has 0 amide bonds. The quantitative estimate of drug-likeness (QED) is 0.453. The summed E-state index contributed by atoms with van der Waals surface area (Å²) < 4.78 is 11.5. The van der Waals surface area contributed by atoms with Crippen molar-refractivity contribution in [2.45, 2.75) is 39.0 Å². The maximum Gasteiger partial charge on any atom is 0.105 e. The van der Waals surface area contributed by atoms with Crippen LogP contribution >= 0.6 is 7.14 Å². The third-order valence-corrected chi connectivity index (χ3v) is 3.83. The molecule has 0 fully saturated rings. The Morgan fingerprint density at radius 1 is 1.25 bits per heavy atom. The van der Waals surface area contributed by atoms with Crippen molar-refractivity contribution in [3.05, 3.63) is 11.9 Å². The smallest absolute Gasteiger partial charge is 0.105 e. The monoisotopic (exact) mass is 188 g/mol. The highest BCUT2D eigenvalue weighted by Crippen LogP contribution is 2.47. The summed E-state index contributed by atoms with van der Waals surface area (Å²) in [6, 6.07) is 0. The third-order valence-electron chi connectivity index (χ3n) is 2.08. The van der Waals surface area contributed by atoms with E-state index in [2.05, 4.69) is 13.5 Å². The summed E-state index contributed by atoms with van der Waals surface area (Å²) in [6.45, 7) is 9.66. The van der Waals surface area contributed by atoms with E-state index >= 15 is 0 Å². The fourth-order valence-electron chi connectivity index (χ4n) is 1.03.